The molecular formula is C12H18N2OS2. The molecule has 2 heterocycles. The van der Waals surface area contributed by atoms with Crippen LogP contribution in [-0.2, 0) is 4.79 Å². The average Bonchev–Trinajstić information content (AvgIpc) is 2.92. The number of carbonyl (C=O) groups excluding carboxylic acids is 1. The average molecular weight is 270 g/mol. The summed E-state index contributed by atoms with van der Waals surface area (Å²) in [5, 5.41) is 5.66. The van der Waals surface area contributed by atoms with E-state index in [4.69, 9.17) is 0 Å². The minimum Gasteiger partial charge on any atom is -0.323 e. The Morgan fingerprint density at radius 1 is 1.53 bits per heavy atom. The van der Waals surface area contributed by atoms with Crippen molar-refractivity contribution in [2.75, 3.05) is 19.6 Å². The summed E-state index contributed by atoms with van der Waals surface area (Å²) in [4.78, 5) is 15.4. The molecule has 0 bridgehead atoms. The third-order valence-corrected chi connectivity index (χ3v) is 5.26. The van der Waals surface area contributed by atoms with Crippen molar-refractivity contribution in [3.05, 3.63) is 22.4 Å². The van der Waals surface area contributed by atoms with Crippen molar-refractivity contribution in [1.82, 2.24) is 10.2 Å². The van der Waals surface area contributed by atoms with Gasteiger partial charge in [0.15, 0.2) is 0 Å². The van der Waals surface area contributed by atoms with Gasteiger partial charge >= 0.3 is 0 Å². The molecule has 1 aromatic rings. The number of hydrogen-bond acceptors (Lipinski definition) is 4. The van der Waals surface area contributed by atoms with Crippen LogP contribution in [0.4, 0.5) is 0 Å². The van der Waals surface area contributed by atoms with Crippen LogP contribution in [0.3, 0.4) is 0 Å². The quantitative estimate of drug-likeness (QED) is 0.833. The number of rotatable bonds is 5. The summed E-state index contributed by atoms with van der Waals surface area (Å²) in [5.74, 6) is 0.270. The second-order valence-electron chi connectivity index (χ2n) is 4.03. The molecule has 0 aliphatic carbocycles. The molecule has 1 saturated heterocycles. The lowest BCUT2D eigenvalue weighted by Gasteiger charge is -2.23. The fraction of sp³-hybridized carbons (Fsp3) is 0.583. The number of likely N-dealkylation sites (N-methyl/N-ethyl adjacent to an activating group) is 1. The van der Waals surface area contributed by atoms with Gasteiger partial charge in [0.2, 0.25) is 5.91 Å². The number of thioether (sulfide) groups is 1. The normalized spacial score (nSPS) is 24.6. The Bertz CT molecular complexity index is 367. The van der Waals surface area contributed by atoms with Crippen LogP contribution in [-0.4, -0.2) is 35.7 Å². The summed E-state index contributed by atoms with van der Waals surface area (Å²) in [5.41, 5.74) is 0. The third-order valence-electron chi connectivity index (χ3n) is 2.81. The van der Waals surface area contributed by atoms with Gasteiger partial charge in [0.25, 0.3) is 0 Å². The van der Waals surface area contributed by atoms with E-state index in [-0.39, 0.29) is 16.5 Å². The Morgan fingerprint density at radius 2 is 2.35 bits per heavy atom. The molecule has 17 heavy (non-hydrogen) atoms. The Kier molecular flexibility index (Phi) is 4.48. The van der Waals surface area contributed by atoms with Crippen LogP contribution in [0, 0.1) is 0 Å². The summed E-state index contributed by atoms with van der Waals surface area (Å²) >= 11 is 3.49. The van der Waals surface area contributed by atoms with E-state index >= 15 is 0 Å². The first-order valence-electron chi connectivity index (χ1n) is 5.94. The van der Waals surface area contributed by atoms with E-state index in [0.717, 1.165) is 19.6 Å². The van der Waals surface area contributed by atoms with Crippen molar-refractivity contribution in [3.63, 3.8) is 0 Å². The molecule has 0 aromatic carbocycles. The minimum atomic E-state index is 0.0868. The predicted molar refractivity (Wildman–Crippen MR) is 74.4 cm³/mol. The van der Waals surface area contributed by atoms with Crippen LogP contribution >= 0.6 is 23.1 Å². The molecule has 1 aromatic heterocycles. The van der Waals surface area contributed by atoms with Crippen LogP contribution < -0.4 is 5.32 Å². The van der Waals surface area contributed by atoms with Gasteiger partial charge in [0.1, 0.15) is 5.37 Å². The molecule has 1 N–H and O–H groups in total. The first kappa shape index (κ1) is 12.9. The van der Waals surface area contributed by atoms with Crippen molar-refractivity contribution in [2.24, 2.45) is 0 Å². The molecule has 94 valence electrons. The molecular weight excluding hydrogens is 252 g/mol. The maximum atomic E-state index is 12.1. The van der Waals surface area contributed by atoms with E-state index < -0.39 is 0 Å². The van der Waals surface area contributed by atoms with Gasteiger partial charge < -0.3 is 10.2 Å². The summed E-state index contributed by atoms with van der Waals surface area (Å²) in [7, 11) is 0. The van der Waals surface area contributed by atoms with Crippen LogP contribution in [0.5, 0.6) is 0 Å². The lowest BCUT2D eigenvalue weighted by molar-refractivity contribution is -0.129. The highest BCUT2D eigenvalue weighted by Gasteiger charge is 2.38. The van der Waals surface area contributed by atoms with Crippen molar-refractivity contribution in [2.45, 2.75) is 24.5 Å². The number of thiophene rings is 1. The van der Waals surface area contributed by atoms with Crippen molar-refractivity contribution in [1.29, 1.82) is 0 Å². The molecule has 0 unspecified atom stereocenters. The van der Waals surface area contributed by atoms with Crippen LogP contribution in [0.15, 0.2) is 17.5 Å². The number of carbonyl (C=O) groups is 1. The molecule has 2 rings (SSSR count). The number of hydrogen-bond donors (Lipinski definition) is 1. The lowest BCUT2D eigenvalue weighted by atomic mass is 10.3. The topological polar surface area (TPSA) is 32.3 Å². The highest BCUT2D eigenvalue weighted by Crippen LogP contribution is 2.43. The first-order valence-corrected chi connectivity index (χ1v) is 7.76. The molecule has 1 aliphatic rings. The summed E-state index contributed by atoms with van der Waals surface area (Å²) in [6.45, 7) is 6.71. The summed E-state index contributed by atoms with van der Waals surface area (Å²) in [6, 6.07) is 4.17. The van der Waals surface area contributed by atoms with Gasteiger partial charge in [-0.2, -0.15) is 0 Å². The zero-order valence-electron chi connectivity index (χ0n) is 10.2. The van der Waals surface area contributed by atoms with Crippen LogP contribution in [0.1, 0.15) is 24.1 Å². The largest absolute Gasteiger partial charge is 0.323 e. The van der Waals surface area contributed by atoms with Gasteiger partial charge in [0, 0.05) is 18.0 Å². The van der Waals surface area contributed by atoms with Gasteiger partial charge in [-0.05, 0) is 24.9 Å². The first-order chi connectivity index (χ1) is 8.24. The third kappa shape index (κ3) is 2.84. The fourth-order valence-electron chi connectivity index (χ4n) is 1.93. The summed E-state index contributed by atoms with van der Waals surface area (Å²) in [6.07, 6.45) is 0. The monoisotopic (exact) mass is 270 g/mol. The highest BCUT2D eigenvalue weighted by molar-refractivity contribution is 8.01. The second kappa shape index (κ2) is 5.89. The zero-order valence-corrected chi connectivity index (χ0v) is 11.8. The van der Waals surface area contributed by atoms with Gasteiger partial charge in [-0.1, -0.05) is 13.0 Å². The van der Waals surface area contributed by atoms with E-state index in [1.54, 1.807) is 23.1 Å². The molecule has 3 nitrogen and oxygen atoms in total. The molecule has 1 fully saturated rings. The zero-order chi connectivity index (χ0) is 12.3. The number of amides is 1. The molecule has 0 radical (unpaired) electrons. The Balaban J connectivity index is 2.05. The van der Waals surface area contributed by atoms with E-state index in [1.165, 1.54) is 4.88 Å². The maximum Gasteiger partial charge on any atom is 0.236 e. The molecule has 5 heteroatoms. The Labute approximate surface area is 111 Å². The van der Waals surface area contributed by atoms with E-state index in [1.807, 2.05) is 11.8 Å². The SMILES string of the molecule is CCNCCN1C(=O)[C@H](C)S[C@@H]1c1cccs1. The second-order valence-corrected chi connectivity index (χ2v) is 6.44. The molecule has 0 saturated carbocycles. The van der Waals surface area contributed by atoms with Gasteiger partial charge in [-0.15, -0.1) is 23.1 Å². The molecule has 0 spiro atoms. The standard InChI is InChI=1S/C12H18N2OS2/c1-3-13-6-7-14-11(15)9(2)17-12(14)10-5-4-8-16-10/h4-5,8-9,12-13H,3,6-7H2,1-2H3/t9-,12+/m0/s1. The maximum absolute atomic E-state index is 12.1. The van der Waals surface area contributed by atoms with E-state index in [2.05, 4.69) is 29.8 Å². The lowest BCUT2D eigenvalue weighted by Crippen LogP contribution is -2.36. The molecule has 1 aliphatic heterocycles. The predicted octanol–water partition coefficient (Wildman–Crippen LogP) is 2.32. The van der Waals surface area contributed by atoms with Crippen molar-refractivity contribution >= 4 is 29.0 Å². The van der Waals surface area contributed by atoms with Gasteiger partial charge in [-0.25, -0.2) is 0 Å². The van der Waals surface area contributed by atoms with Crippen molar-refractivity contribution in [3.8, 4) is 0 Å². The Morgan fingerprint density at radius 3 is 3.00 bits per heavy atom. The molecule has 2 atom stereocenters. The smallest absolute Gasteiger partial charge is 0.236 e. The van der Waals surface area contributed by atoms with Crippen LogP contribution in [0.25, 0.3) is 0 Å². The minimum absolute atomic E-state index is 0.0868. The van der Waals surface area contributed by atoms with Crippen molar-refractivity contribution < 1.29 is 4.79 Å². The number of nitrogens with zero attached hydrogens (tertiary/aromatic N) is 1. The van der Waals surface area contributed by atoms with E-state index in [0.29, 0.717) is 0 Å². The number of nitrogens with one attached hydrogen (secondary N) is 1. The Hall–Kier alpha value is -0.520. The highest BCUT2D eigenvalue weighted by atomic mass is 32.2. The van der Waals surface area contributed by atoms with E-state index in [9.17, 15) is 4.79 Å². The molecule has 1 amide bonds. The van der Waals surface area contributed by atoms with Gasteiger partial charge in [-0.3, -0.25) is 4.79 Å². The fourth-order valence-corrected chi connectivity index (χ4v) is 4.19. The van der Waals surface area contributed by atoms with Gasteiger partial charge in [0.05, 0.1) is 5.25 Å². The summed E-state index contributed by atoms with van der Waals surface area (Å²) < 4.78 is 0. The van der Waals surface area contributed by atoms with Crippen LogP contribution in [0.2, 0.25) is 0 Å².